The third kappa shape index (κ3) is 4.62. The molecule has 0 saturated carbocycles. The lowest BCUT2D eigenvalue weighted by Crippen LogP contribution is -2.26. The zero-order valence-corrected chi connectivity index (χ0v) is 12.7. The van der Waals surface area contributed by atoms with Crippen LogP contribution in [-0.4, -0.2) is 17.0 Å². The van der Waals surface area contributed by atoms with Gasteiger partial charge in [0.2, 0.25) is 0 Å². The van der Waals surface area contributed by atoms with E-state index in [9.17, 15) is 9.59 Å². The van der Waals surface area contributed by atoms with Crippen molar-refractivity contribution >= 4 is 29.1 Å². The summed E-state index contributed by atoms with van der Waals surface area (Å²) < 4.78 is 1.52. The Morgan fingerprint density at radius 3 is 2.43 bits per heavy atom. The minimum absolute atomic E-state index is 0.108. The Kier molecular flexibility index (Phi) is 5.42. The maximum atomic E-state index is 11.8. The normalized spacial score (nSPS) is 10.4. The zero-order chi connectivity index (χ0) is 15.2. The van der Waals surface area contributed by atoms with Gasteiger partial charge in [-0.15, -0.1) is 0 Å². The van der Waals surface area contributed by atoms with Crippen molar-refractivity contribution in [1.29, 1.82) is 0 Å². The first-order valence-electron chi connectivity index (χ1n) is 6.46. The molecule has 1 heterocycles. The fourth-order valence-corrected chi connectivity index (χ4v) is 2.14. The average Bonchev–Trinajstić information content (AvgIpc) is 2.47. The third-order valence-electron chi connectivity index (χ3n) is 2.92. The molecule has 0 fully saturated rings. The maximum Gasteiger partial charge on any atom is 0.251 e. The molecule has 21 heavy (non-hydrogen) atoms. The van der Waals surface area contributed by atoms with Crippen LogP contribution in [0.5, 0.6) is 0 Å². The third-order valence-corrected chi connectivity index (χ3v) is 3.39. The number of nitrogens with zero attached hydrogens (tertiary/aromatic N) is 1. The summed E-state index contributed by atoms with van der Waals surface area (Å²) in [4.78, 5) is 23.4. The molecule has 1 aromatic heterocycles. The van der Waals surface area contributed by atoms with Crippen molar-refractivity contribution in [3.05, 3.63) is 68.6 Å². The van der Waals surface area contributed by atoms with Crippen LogP contribution in [0.25, 0.3) is 0 Å². The number of hydrogen-bond donors (Lipinski definition) is 1. The van der Waals surface area contributed by atoms with Gasteiger partial charge in [-0.3, -0.25) is 9.59 Å². The number of amides is 1. The number of carbonyl (C=O) groups excluding carboxylic acids is 1. The Hall–Kier alpha value is -1.78. The molecule has 0 aliphatic carbocycles. The fraction of sp³-hybridized carbons (Fsp3) is 0.200. The summed E-state index contributed by atoms with van der Waals surface area (Å²) in [5.74, 6) is -0.162. The van der Waals surface area contributed by atoms with E-state index in [1.54, 1.807) is 36.5 Å². The smallest absolute Gasteiger partial charge is 0.251 e. The van der Waals surface area contributed by atoms with E-state index < -0.39 is 0 Å². The summed E-state index contributed by atoms with van der Waals surface area (Å²) in [5, 5.41) is 3.90. The van der Waals surface area contributed by atoms with Crippen LogP contribution in [0.2, 0.25) is 10.0 Å². The van der Waals surface area contributed by atoms with Gasteiger partial charge in [-0.25, -0.2) is 0 Å². The number of halogens is 2. The van der Waals surface area contributed by atoms with E-state index >= 15 is 0 Å². The number of carbonyl (C=O) groups is 1. The van der Waals surface area contributed by atoms with Gasteiger partial charge in [-0.2, -0.15) is 0 Å². The molecule has 0 bridgehead atoms. The highest BCUT2D eigenvalue weighted by Gasteiger charge is 2.04. The minimum atomic E-state index is -0.162. The molecule has 0 radical (unpaired) electrons. The van der Waals surface area contributed by atoms with Crippen molar-refractivity contribution in [2.45, 2.75) is 13.0 Å². The van der Waals surface area contributed by atoms with Crippen LogP contribution in [0.4, 0.5) is 0 Å². The molecular formula is C15H14Cl2N2O2. The lowest BCUT2D eigenvalue weighted by atomic mass is 10.2. The molecule has 1 amide bonds. The fourth-order valence-electron chi connectivity index (χ4n) is 1.83. The van der Waals surface area contributed by atoms with Gasteiger partial charge in [0.15, 0.2) is 0 Å². The highest BCUT2D eigenvalue weighted by Crippen LogP contribution is 2.09. The van der Waals surface area contributed by atoms with Crippen molar-refractivity contribution in [2.24, 2.45) is 0 Å². The van der Waals surface area contributed by atoms with E-state index in [-0.39, 0.29) is 11.5 Å². The van der Waals surface area contributed by atoms with Gasteiger partial charge in [-0.1, -0.05) is 23.2 Å². The van der Waals surface area contributed by atoms with Crippen LogP contribution in [0.1, 0.15) is 16.8 Å². The summed E-state index contributed by atoms with van der Waals surface area (Å²) in [6, 6.07) is 9.65. The van der Waals surface area contributed by atoms with Crippen molar-refractivity contribution in [2.75, 3.05) is 6.54 Å². The molecule has 2 aromatic rings. The van der Waals surface area contributed by atoms with Crippen LogP contribution in [-0.2, 0) is 6.54 Å². The Morgan fingerprint density at radius 2 is 1.71 bits per heavy atom. The topological polar surface area (TPSA) is 51.1 Å². The number of pyridine rings is 1. The van der Waals surface area contributed by atoms with Gasteiger partial charge in [0.1, 0.15) is 0 Å². The number of aryl methyl sites for hydroxylation is 1. The van der Waals surface area contributed by atoms with Gasteiger partial charge in [0.05, 0.1) is 5.02 Å². The van der Waals surface area contributed by atoms with E-state index in [4.69, 9.17) is 23.2 Å². The molecule has 1 N–H and O–H groups in total. The monoisotopic (exact) mass is 324 g/mol. The lowest BCUT2D eigenvalue weighted by Gasteiger charge is -2.07. The number of aromatic nitrogens is 1. The second-order valence-corrected chi connectivity index (χ2v) is 5.37. The van der Waals surface area contributed by atoms with E-state index in [0.29, 0.717) is 35.1 Å². The average molecular weight is 325 g/mol. The number of rotatable bonds is 5. The van der Waals surface area contributed by atoms with Crippen molar-refractivity contribution in [3.8, 4) is 0 Å². The van der Waals surface area contributed by atoms with Crippen LogP contribution < -0.4 is 10.9 Å². The maximum absolute atomic E-state index is 11.8. The van der Waals surface area contributed by atoms with Crippen LogP contribution in [0.3, 0.4) is 0 Å². The second kappa shape index (κ2) is 7.29. The Bertz CT molecular complexity index is 681. The van der Waals surface area contributed by atoms with Gasteiger partial charge in [0.25, 0.3) is 11.5 Å². The summed E-state index contributed by atoms with van der Waals surface area (Å²) >= 11 is 11.6. The first-order valence-corrected chi connectivity index (χ1v) is 7.21. The molecule has 4 nitrogen and oxygen atoms in total. The molecule has 2 rings (SSSR count). The van der Waals surface area contributed by atoms with Crippen LogP contribution in [0, 0.1) is 0 Å². The number of benzene rings is 1. The molecule has 1 aromatic carbocycles. The van der Waals surface area contributed by atoms with Crippen molar-refractivity contribution < 1.29 is 4.79 Å². The van der Waals surface area contributed by atoms with E-state index in [1.807, 2.05) is 0 Å². The van der Waals surface area contributed by atoms with E-state index in [0.717, 1.165) is 0 Å². The largest absolute Gasteiger partial charge is 0.352 e. The van der Waals surface area contributed by atoms with Gasteiger partial charge in [-0.05, 0) is 36.8 Å². The summed E-state index contributed by atoms with van der Waals surface area (Å²) in [7, 11) is 0. The highest BCUT2D eigenvalue weighted by molar-refractivity contribution is 6.30. The zero-order valence-electron chi connectivity index (χ0n) is 11.2. The van der Waals surface area contributed by atoms with Crippen LogP contribution >= 0.6 is 23.2 Å². The predicted molar refractivity (Wildman–Crippen MR) is 84.1 cm³/mol. The molecule has 0 saturated heterocycles. The number of nitrogens with one attached hydrogen (secondary N) is 1. The lowest BCUT2D eigenvalue weighted by molar-refractivity contribution is 0.0952. The predicted octanol–water partition coefficient (Wildman–Crippen LogP) is 2.98. The molecular weight excluding hydrogens is 311 g/mol. The first-order chi connectivity index (χ1) is 10.1. The molecule has 0 spiro atoms. The summed E-state index contributed by atoms with van der Waals surface area (Å²) in [5.41, 5.74) is 0.447. The van der Waals surface area contributed by atoms with Crippen molar-refractivity contribution in [1.82, 2.24) is 9.88 Å². The Morgan fingerprint density at radius 1 is 1.05 bits per heavy atom. The quantitative estimate of drug-likeness (QED) is 0.859. The summed E-state index contributed by atoms with van der Waals surface area (Å²) in [6.07, 6.45) is 2.23. The molecule has 0 unspecified atom stereocenters. The summed E-state index contributed by atoms with van der Waals surface area (Å²) in [6.45, 7) is 0.973. The Balaban J connectivity index is 1.82. The van der Waals surface area contributed by atoms with Crippen LogP contribution in [0.15, 0.2) is 47.4 Å². The van der Waals surface area contributed by atoms with E-state index in [2.05, 4.69) is 5.32 Å². The van der Waals surface area contributed by atoms with Gasteiger partial charge in [0, 0.05) is 35.9 Å². The SMILES string of the molecule is O=C(NCCCn1cc(Cl)ccc1=O)c1ccc(Cl)cc1. The molecule has 0 aliphatic heterocycles. The molecule has 0 aliphatic rings. The highest BCUT2D eigenvalue weighted by atomic mass is 35.5. The van der Waals surface area contributed by atoms with Gasteiger partial charge >= 0.3 is 0 Å². The van der Waals surface area contributed by atoms with Crippen molar-refractivity contribution in [3.63, 3.8) is 0 Å². The minimum Gasteiger partial charge on any atom is -0.352 e. The van der Waals surface area contributed by atoms with E-state index in [1.165, 1.54) is 10.6 Å². The van der Waals surface area contributed by atoms with Gasteiger partial charge < -0.3 is 9.88 Å². The molecule has 110 valence electrons. The molecule has 0 atom stereocenters. The Labute approximate surface area is 132 Å². The standard InChI is InChI=1S/C15H14Cl2N2O2/c16-12-4-2-11(3-5-12)15(21)18-8-1-9-19-10-13(17)6-7-14(19)20/h2-7,10H,1,8-9H2,(H,18,21). The molecule has 6 heteroatoms. The first kappa shape index (κ1) is 15.6. The number of hydrogen-bond acceptors (Lipinski definition) is 2. The second-order valence-electron chi connectivity index (χ2n) is 4.50.